The van der Waals surface area contributed by atoms with Gasteiger partial charge in [0.05, 0.1) is 0 Å². The molecule has 0 aliphatic heterocycles. The van der Waals surface area contributed by atoms with Gasteiger partial charge in [0.2, 0.25) is 0 Å². The zero-order valence-electron chi connectivity index (χ0n) is 11.6. The Hall–Kier alpha value is -0.540. The molecule has 1 aromatic rings. The zero-order chi connectivity index (χ0) is 13.4. The molecule has 0 heterocycles. The van der Waals surface area contributed by atoms with Gasteiger partial charge in [0.15, 0.2) is 0 Å². The Labute approximate surface area is 115 Å². The van der Waals surface area contributed by atoms with Crippen LogP contribution in [0, 0.1) is 11.7 Å². The molecule has 1 rings (SSSR count). The van der Waals surface area contributed by atoms with Crippen LogP contribution in [0.25, 0.3) is 0 Å². The Morgan fingerprint density at radius 1 is 1.33 bits per heavy atom. The van der Waals surface area contributed by atoms with Crippen LogP contribution in [0.5, 0.6) is 0 Å². The summed E-state index contributed by atoms with van der Waals surface area (Å²) in [4.78, 5) is 1.21. The number of rotatable bonds is 8. The summed E-state index contributed by atoms with van der Waals surface area (Å²) in [5, 5.41) is 3.38. The maximum atomic E-state index is 13.3. The number of nitrogens with one attached hydrogen (secondary N) is 1. The van der Waals surface area contributed by atoms with Crippen LogP contribution < -0.4 is 5.32 Å². The first-order valence-electron chi connectivity index (χ1n) is 6.75. The van der Waals surface area contributed by atoms with Crippen molar-refractivity contribution in [2.24, 2.45) is 5.92 Å². The number of unbranched alkanes of at least 4 members (excludes halogenated alkanes) is 1. The van der Waals surface area contributed by atoms with Gasteiger partial charge in [-0.3, -0.25) is 0 Å². The molecule has 0 unspecified atom stereocenters. The van der Waals surface area contributed by atoms with Crippen LogP contribution >= 0.6 is 11.8 Å². The number of hydrogen-bond acceptors (Lipinski definition) is 2. The van der Waals surface area contributed by atoms with Crippen molar-refractivity contribution >= 4 is 11.8 Å². The summed E-state index contributed by atoms with van der Waals surface area (Å²) >= 11 is 1.83. The second-order valence-electron chi connectivity index (χ2n) is 4.98. The van der Waals surface area contributed by atoms with Gasteiger partial charge in [-0.1, -0.05) is 27.2 Å². The zero-order valence-corrected chi connectivity index (χ0v) is 12.4. The SMILES string of the molecule is CCCCSc1ccc(F)cc1CNCC(C)C. The quantitative estimate of drug-likeness (QED) is 0.552. The van der Waals surface area contributed by atoms with E-state index in [-0.39, 0.29) is 5.82 Å². The van der Waals surface area contributed by atoms with Gasteiger partial charge >= 0.3 is 0 Å². The van der Waals surface area contributed by atoms with Crippen LogP contribution in [0.15, 0.2) is 23.1 Å². The highest BCUT2D eigenvalue weighted by atomic mass is 32.2. The minimum atomic E-state index is -0.142. The molecule has 0 aliphatic carbocycles. The number of benzene rings is 1. The molecular weight excluding hydrogens is 245 g/mol. The molecule has 0 bridgehead atoms. The topological polar surface area (TPSA) is 12.0 Å². The summed E-state index contributed by atoms with van der Waals surface area (Å²) in [6.45, 7) is 8.27. The van der Waals surface area contributed by atoms with E-state index in [0.717, 1.165) is 24.4 Å². The van der Waals surface area contributed by atoms with Crippen molar-refractivity contribution in [1.29, 1.82) is 0 Å². The Kier molecular flexibility index (Phi) is 7.36. The second kappa shape index (κ2) is 8.54. The molecule has 1 N–H and O–H groups in total. The standard InChI is InChI=1S/C15H24FNS/c1-4-5-8-18-15-7-6-14(16)9-13(15)11-17-10-12(2)3/h6-7,9,12,17H,4-5,8,10-11H2,1-3H3. The lowest BCUT2D eigenvalue weighted by Gasteiger charge is -2.12. The predicted octanol–water partition coefficient (Wildman–Crippen LogP) is 4.46. The number of halogens is 1. The third-order valence-corrected chi connectivity index (χ3v) is 3.85. The van der Waals surface area contributed by atoms with Crippen LogP contribution in [0.3, 0.4) is 0 Å². The molecule has 0 fully saturated rings. The lowest BCUT2D eigenvalue weighted by molar-refractivity contribution is 0.547. The molecule has 0 aromatic heterocycles. The molecule has 0 saturated carbocycles. The van der Waals surface area contributed by atoms with Gasteiger partial charge < -0.3 is 5.32 Å². The van der Waals surface area contributed by atoms with Gasteiger partial charge in [0.1, 0.15) is 5.82 Å². The summed E-state index contributed by atoms with van der Waals surface area (Å²) in [6, 6.07) is 5.11. The highest BCUT2D eigenvalue weighted by molar-refractivity contribution is 7.99. The van der Waals surface area contributed by atoms with Gasteiger partial charge in [-0.15, -0.1) is 11.8 Å². The highest BCUT2D eigenvalue weighted by Gasteiger charge is 2.05. The molecule has 0 atom stereocenters. The summed E-state index contributed by atoms with van der Waals surface area (Å²) in [6.07, 6.45) is 2.41. The van der Waals surface area contributed by atoms with E-state index in [9.17, 15) is 4.39 Å². The minimum Gasteiger partial charge on any atom is -0.312 e. The molecule has 0 aliphatic rings. The summed E-state index contributed by atoms with van der Waals surface area (Å²) in [5.74, 6) is 1.59. The van der Waals surface area contributed by atoms with Crippen LogP contribution in [0.4, 0.5) is 4.39 Å². The van der Waals surface area contributed by atoms with Crippen LogP contribution in [0.2, 0.25) is 0 Å². The van der Waals surface area contributed by atoms with Gasteiger partial charge in [-0.25, -0.2) is 4.39 Å². The van der Waals surface area contributed by atoms with Crippen LogP contribution in [-0.2, 0) is 6.54 Å². The third-order valence-electron chi connectivity index (χ3n) is 2.65. The van der Waals surface area contributed by atoms with E-state index in [0.29, 0.717) is 5.92 Å². The van der Waals surface area contributed by atoms with E-state index < -0.39 is 0 Å². The van der Waals surface area contributed by atoms with Crippen molar-refractivity contribution < 1.29 is 4.39 Å². The van der Waals surface area contributed by atoms with E-state index in [4.69, 9.17) is 0 Å². The van der Waals surface area contributed by atoms with Gasteiger partial charge in [0.25, 0.3) is 0 Å². The number of hydrogen-bond donors (Lipinski definition) is 1. The van der Waals surface area contributed by atoms with Crippen molar-refractivity contribution in [3.63, 3.8) is 0 Å². The molecule has 0 saturated heterocycles. The van der Waals surface area contributed by atoms with E-state index in [1.54, 1.807) is 12.1 Å². The fourth-order valence-corrected chi connectivity index (χ4v) is 2.78. The van der Waals surface area contributed by atoms with Crippen molar-refractivity contribution in [2.45, 2.75) is 45.1 Å². The first-order chi connectivity index (χ1) is 8.63. The van der Waals surface area contributed by atoms with Crippen molar-refractivity contribution in [3.05, 3.63) is 29.6 Å². The Morgan fingerprint density at radius 2 is 2.11 bits per heavy atom. The Bertz CT molecular complexity index is 352. The highest BCUT2D eigenvalue weighted by Crippen LogP contribution is 2.24. The molecule has 1 aromatic carbocycles. The fourth-order valence-electron chi connectivity index (χ4n) is 1.65. The second-order valence-corrected chi connectivity index (χ2v) is 6.12. The fraction of sp³-hybridized carbons (Fsp3) is 0.600. The molecule has 0 spiro atoms. The van der Waals surface area contributed by atoms with Crippen molar-refractivity contribution in [2.75, 3.05) is 12.3 Å². The van der Waals surface area contributed by atoms with Crippen molar-refractivity contribution in [1.82, 2.24) is 5.32 Å². The van der Waals surface area contributed by atoms with Gasteiger partial charge in [-0.2, -0.15) is 0 Å². The lowest BCUT2D eigenvalue weighted by Crippen LogP contribution is -2.19. The van der Waals surface area contributed by atoms with E-state index >= 15 is 0 Å². The minimum absolute atomic E-state index is 0.142. The van der Waals surface area contributed by atoms with Gasteiger partial charge in [-0.05, 0) is 48.4 Å². The molecule has 1 nitrogen and oxygen atoms in total. The summed E-state index contributed by atoms with van der Waals surface area (Å²) in [7, 11) is 0. The maximum absolute atomic E-state index is 13.3. The monoisotopic (exact) mass is 269 g/mol. The Balaban J connectivity index is 2.58. The van der Waals surface area contributed by atoms with Crippen LogP contribution in [0.1, 0.15) is 39.2 Å². The largest absolute Gasteiger partial charge is 0.312 e. The third kappa shape index (κ3) is 5.87. The molecule has 0 amide bonds. The molecule has 3 heteroatoms. The van der Waals surface area contributed by atoms with E-state index in [1.165, 1.54) is 17.7 Å². The molecular formula is C15H24FNS. The molecule has 0 radical (unpaired) electrons. The van der Waals surface area contributed by atoms with Crippen molar-refractivity contribution in [3.8, 4) is 0 Å². The first-order valence-corrected chi connectivity index (χ1v) is 7.74. The average Bonchev–Trinajstić information content (AvgIpc) is 2.31. The van der Waals surface area contributed by atoms with Gasteiger partial charge in [0, 0.05) is 11.4 Å². The lowest BCUT2D eigenvalue weighted by atomic mass is 10.2. The average molecular weight is 269 g/mol. The van der Waals surface area contributed by atoms with Crippen LogP contribution in [-0.4, -0.2) is 12.3 Å². The summed E-state index contributed by atoms with van der Waals surface area (Å²) < 4.78 is 13.3. The van der Waals surface area contributed by atoms with E-state index in [2.05, 4.69) is 26.1 Å². The molecule has 18 heavy (non-hydrogen) atoms. The maximum Gasteiger partial charge on any atom is 0.123 e. The normalized spacial score (nSPS) is 11.2. The van der Waals surface area contributed by atoms with E-state index in [1.807, 2.05) is 17.8 Å². The first kappa shape index (κ1) is 15.5. The predicted molar refractivity (Wildman–Crippen MR) is 78.6 cm³/mol. The molecule has 102 valence electrons. The smallest absolute Gasteiger partial charge is 0.123 e. The Morgan fingerprint density at radius 3 is 2.78 bits per heavy atom. The summed E-state index contributed by atoms with van der Waals surface area (Å²) in [5.41, 5.74) is 1.08. The number of thioether (sulfide) groups is 1.